The monoisotopic (exact) mass is 377 g/mol. The third-order valence-electron chi connectivity index (χ3n) is 5.02. The van der Waals surface area contributed by atoms with E-state index < -0.39 is 0 Å². The lowest BCUT2D eigenvalue weighted by Crippen LogP contribution is -2.28. The van der Waals surface area contributed by atoms with Crippen LogP contribution in [0.15, 0.2) is 83.7 Å². The highest BCUT2D eigenvalue weighted by atomic mass is 16.5. The summed E-state index contributed by atoms with van der Waals surface area (Å²) < 4.78 is 7.25. The van der Waals surface area contributed by atoms with Crippen LogP contribution in [-0.2, 0) is 6.61 Å². The predicted molar refractivity (Wildman–Crippen MR) is 110 cm³/mol. The first-order valence-electron chi connectivity index (χ1n) is 9.21. The molecule has 4 aromatic rings. The van der Waals surface area contributed by atoms with Crippen LogP contribution >= 0.6 is 0 Å². The second-order valence-corrected chi connectivity index (χ2v) is 6.70. The lowest BCUT2D eigenvalue weighted by atomic mass is 9.95. The molecule has 0 N–H and O–H groups in total. The van der Waals surface area contributed by atoms with Gasteiger partial charge in [-0.2, -0.15) is 15.0 Å². The molecule has 0 fully saturated rings. The van der Waals surface area contributed by atoms with Crippen molar-refractivity contribution in [1.29, 1.82) is 5.26 Å². The van der Waals surface area contributed by atoms with E-state index in [2.05, 4.69) is 6.07 Å². The molecule has 0 saturated heterocycles. The van der Waals surface area contributed by atoms with Gasteiger partial charge in [-0.3, -0.25) is 4.79 Å². The van der Waals surface area contributed by atoms with Gasteiger partial charge in [0.25, 0.3) is 5.56 Å². The number of hydrogen-bond acceptors (Lipinski definition) is 4. The molecular weight excluding hydrogens is 362 g/mol. The van der Waals surface area contributed by atoms with Crippen molar-refractivity contribution in [2.45, 2.75) is 6.61 Å². The van der Waals surface area contributed by atoms with Crippen LogP contribution in [0, 0.1) is 11.3 Å². The molecule has 29 heavy (non-hydrogen) atoms. The van der Waals surface area contributed by atoms with Gasteiger partial charge in [0.05, 0.1) is 16.8 Å². The van der Waals surface area contributed by atoms with E-state index >= 15 is 0 Å². The summed E-state index contributed by atoms with van der Waals surface area (Å²) in [5.74, 6) is 0.727. The number of nitriles is 1. The van der Waals surface area contributed by atoms with Crippen molar-refractivity contribution in [3.8, 4) is 39.9 Å². The molecule has 2 heterocycles. The minimum Gasteiger partial charge on any atom is -0.488 e. The third kappa shape index (κ3) is 2.70. The maximum absolute atomic E-state index is 13.6. The van der Waals surface area contributed by atoms with Gasteiger partial charge >= 0.3 is 0 Å². The zero-order valence-electron chi connectivity index (χ0n) is 15.4. The SMILES string of the molecule is N#Cc1ccccc1-n1nc2c(c(-c3ccccc3)c1=O)COc1ccccc1-2. The lowest BCUT2D eigenvalue weighted by Gasteiger charge is -2.23. The van der Waals surface area contributed by atoms with Gasteiger partial charge in [-0.25, -0.2) is 0 Å². The maximum Gasteiger partial charge on any atom is 0.279 e. The Morgan fingerprint density at radius 3 is 2.48 bits per heavy atom. The van der Waals surface area contributed by atoms with Crippen LogP contribution in [0.5, 0.6) is 5.75 Å². The summed E-state index contributed by atoms with van der Waals surface area (Å²) in [4.78, 5) is 13.6. The van der Waals surface area contributed by atoms with Crippen molar-refractivity contribution in [3.05, 3.63) is 100 Å². The normalized spacial score (nSPS) is 11.7. The Morgan fingerprint density at radius 2 is 1.66 bits per heavy atom. The van der Waals surface area contributed by atoms with Gasteiger partial charge in [-0.05, 0) is 29.8 Å². The Kier molecular flexibility index (Phi) is 3.96. The van der Waals surface area contributed by atoms with Crippen molar-refractivity contribution in [2.24, 2.45) is 0 Å². The molecule has 5 heteroatoms. The van der Waals surface area contributed by atoms with Crippen LogP contribution in [0.4, 0.5) is 0 Å². The van der Waals surface area contributed by atoms with E-state index in [1.807, 2.05) is 54.6 Å². The fourth-order valence-electron chi connectivity index (χ4n) is 3.67. The highest BCUT2D eigenvalue weighted by Gasteiger charge is 2.26. The molecule has 5 rings (SSSR count). The Labute approximate surface area is 167 Å². The van der Waals surface area contributed by atoms with Crippen LogP contribution in [0.2, 0.25) is 0 Å². The second-order valence-electron chi connectivity index (χ2n) is 6.70. The predicted octanol–water partition coefficient (Wildman–Crippen LogP) is 4.33. The van der Waals surface area contributed by atoms with Crippen LogP contribution < -0.4 is 10.3 Å². The number of ether oxygens (including phenoxy) is 1. The number of nitrogens with zero attached hydrogens (tertiary/aromatic N) is 3. The Morgan fingerprint density at radius 1 is 0.931 bits per heavy atom. The zero-order chi connectivity index (χ0) is 19.8. The van der Waals surface area contributed by atoms with Gasteiger partial charge in [-0.1, -0.05) is 54.6 Å². The van der Waals surface area contributed by atoms with Crippen LogP contribution in [-0.4, -0.2) is 9.78 Å². The highest BCUT2D eigenvalue weighted by Crippen LogP contribution is 2.38. The van der Waals surface area contributed by atoms with Crippen molar-refractivity contribution in [3.63, 3.8) is 0 Å². The number of para-hydroxylation sites is 2. The molecule has 0 unspecified atom stereocenters. The number of hydrogen-bond donors (Lipinski definition) is 0. The Hall–Kier alpha value is -4.17. The molecule has 3 aromatic carbocycles. The summed E-state index contributed by atoms with van der Waals surface area (Å²) in [6.45, 7) is 0.263. The Bertz CT molecular complexity index is 1330. The summed E-state index contributed by atoms with van der Waals surface area (Å²) in [6.07, 6.45) is 0. The molecule has 0 atom stereocenters. The van der Waals surface area contributed by atoms with E-state index in [0.29, 0.717) is 22.5 Å². The van der Waals surface area contributed by atoms with Gasteiger partial charge in [0.2, 0.25) is 0 Å². The zero-order valence-corrected chi connectivity index (χ0v) is 15.4. The van der Waals surface area contributed by atoms with Crippen LogP contribution in [0.3, 0.4) is 0 Å². The summed E-state index contributed by atoms with van der Waals surface area (Å²) in [5.41, 5.74) is 4.18. The van der Waals surface area contributed by atoms with E-state index in [9.17, 15) is 10.1 Å². The van der Waals surface area contributed by atoms with Gasteiger partial charge in [-0.15, -0.1) is 0 Å². The quantitative estimate of drug-likeness (QED) is 0.521. The minimum absolute atomic E-state index is 0.263. The first-order chi connectivity index (χ1) is 14.3. The first kappa shape index (κ1) is 17.0. The second kappa shape index (κ2) is 6.77. The maximum atomic E-state index is 13.6. The molecule has 5 nitrogen and oxygen atoms in total. The molecule has 0 aliphatic carbocycles. The molecule has 0 spiro atoms. The van der Waals surface area contributed by atoms with E-state index in [1.165, 1.54) is 4.68 Å². The fraction of sp³-hybridized carbons (Fsp3) is 0.0417. The van der Waals surface area contributed by atoms with Crippen LogP contribution in [0.25, 0.3) is 28.1 Å². The number of benzene rings is 3. The highest BCUT2D eigenvalue weighted by molar-refractivity contribution is 5.79. The number of rotatable bonds is 2. The van der Waals surface area contributed by atoms with Crippen molar-refractivity contribution in [1.82, 2.24) is 9.78 Å². The first-order valence-corrected chi connectivity index (χ1v) is 9.21. The summed E-state index contributed by atoms with van der Waals surface area (Å²) in [6, 6.07) is 26.3. The summed E-state index contributed by atoms with van der Waals surface area (Å²) >= 11 is 0. The third-order valence-corrected chi connectivity index (χ3v) is 5.02. The van der Waals surface area contributed by atoms with Gasteiger partial charge in [0.15, 0.2) is 0 Å². The molecule has 0 radical (unpaired) electrons. The van der Waals surface area contributed by atoms with E-state index in [4.69, 9.17) is 9.84 Å². The molecule has 1 aromatic heterocycles. The molecule has 0 saturated carbocycles. The largest absolute Gasteiger partial charge is 0.488 e. The van der Waals surface area contributed by atoms with Crippen molar-refractivity contribution in [2.75, 3.05) is 0 Å². The van der Waals surface area contributed by atoms with E-state index in [1.54, 1.807) is 24.3 Å². The smallest absolute Gasteiger partial charge is 0.279 e. The minimum atomic E-state index is -0.277. The molecule has 0 bridgehead atoms. The number of aromatic nitrogens is 2. The fourth-order valence-corrected chi connectivity index (χ4v) is 3.67. The van der Waals surface area contributed by atoms with Gasteiger partial charge in [0, 0.05) is 11.1 Å². The summed E-state index contributed by atoms with van der Waals surface area (Å²) in [5, 5.41) is 14.2. The standard InChI is InChI=1S/C24H15N3O2/c25-14-17-10-4-6-12-20(17)27-24(28)22(16-8-2-1-3-9-16)19-15-29-21-13-7-5-11-18(21)23(19)26-27/h1-13H,15H2. The van der Waals surface area contributed by atoms with Gasteiger partial charge in [0.1, 0.15) is 24.1 Å². The lowest BCUT2D eigenvalue weighted by molar-refractivity contribution is 0.301. The summed E-state index contributed by atoms with van der Waals surface area (Å²) in [7, 11) is 0. The average Bonchev–Trinajstić information content (AvgIpc) is 2.79. The molecular formula is C24H15N3O2. The van der Waals surface area contributed by atoms with Crippen molar-refractivity contribution < 1.29 is 4.74 Å². The Balaban J connectivity index is 1.90. The molecule has 0 amide bonds. The van der Waals surface area contributed by atoms with E-state index in [-0.39, 0.29) is 12.2 Å². The topological polar surface area (TPSA) is 67.9 Å². The van der Waals surface area contributed by atoms with Crippen molar-refractivity contribution >= 4 is 0 Å². The molecule has 1 aliphatic heterocycles. The van der Waals surface area contributed by atoms with E-state index in [0.717, 1.165) is 22.4 Å². The average molecular weight is 377 g/mol. The molecule has 138 valence electrons. The molecule has 1 aliphatic rings. The van der Waals surface area contributed by atoms with Crippen LogP contribution in [0.1, 0.15) is 11.1 Å². The van der Waals surface area contributed by atoms with Gasteiger partial charge < -0.3 is 4.74 Å². The number of fused-ring (bicyclic) bond motifs is 3.